The second-order valence-corrected chi connectivity index (χ2v) is 9.78. The van der Waals surface area contributed by atoms with Crippen molar-refractivity contribution in [2.24, 2.45) is 5.10 Å². The lowest BCUT2D eigenvalue weighted by molar-refractivity contribution is -0.384. The molecule has 0 unspecified atom stereocenters. The lowest BCUT2D eigenvalue weighted by atomic mass is 10.2. The smallest absolute Gasteiger partial charge is 0.281 e. The molecule has 0 saturated carbocycles. The Morgan fingerprint density at radius 1 is 1.15 bits per heavy atom. The number of benzene rings is 3. The second kappa shape index (κ2) is 10.4. The molecule has 0 spiro atoms. The van der Waals surface area contributed by atoms with Crippen molar-refractivity contribution in [2.75, 3.05) is 0 Å². The molecule has 0 fully saturated rings. The van der Waals surface area contributed by atoms with Gasteiger partial charge in [0.1, 0.15) is 18.2 Å². The van der Waals surface area contributed by atoms with Crippen LogP contribution in [0, 0.1) is 15.9 Å². The molecule has 0 atom stereocenters. The molecule has 3 aromatic carbocycles. The first kappa shape index (κ1) is 24.0. The van der Waals surface area contributed by atoms with Gasteiger partial charge in [0.25, 0.3) is 11.6 Å². The summed E-state index contributed by atoms with van der Waals surface area (Å²) in [4.78, 5) is 23.3. The molecule has 0 aliphatic heterocycles. The molecule has 0 radical (unpaired) electrons. The summed E-state index contributed by atoms with van der Waals surface area (Å²) in [5.41, 5.74) is 3.53. The highest BCUT2D eigenvalue weighted by atomic mass is 79.9. The minimum Gasteiger partial charge on any atom is -0.486 e. The average Bonchev–Trinajstić information content (AvgIpc) is 3.23. The summed E-state index contributed by atoms with van der Waals surface area (Å²) in [5.74, 6) is -0.266. The van der Waals surface area contributed by atoms with Gasteiger partial charge in [-0.3, -0.25) is 14.9 Å². The standard InChI is InChI=1S/C23H14Br2FN3O4S/c24-17-7-13(8-18(25)22(17)33-12-14-3-1-2-4-19(14)26)11-27-28-23(30)21-10-15-9-16(29(31)32)5-6-20(15)34-21/h1-11H,12H2,(H,28,30)/b27-11-. The Kier molecular flexibility index (Phi) is 7.35. The molecular weight excluding hydrogens is 593 g/mol. The summed E-state index contributed by atoms with van der Waals surface area (Å²) in [6, 6.07) is 15.9. The molecule has 11 heteroatoms. The van der Waals surface area contributed by atoms with Gasteiger partial charge in [0.2, 0.25) is 0 Å². The first-order chi connectivity index (χ1) is 16.3. The third kappa shape index (κ3) is 5.49. The van der Waals surface area contributed by atoms with Crippen LogP contribution in [0.3, 0.4) is 0 Å². The molecule has 7 nitrogen and oxygen atoms in total. The number of halogens is 3. The number of hydrogen-bond acceptors (Lipinski definition) is 6. The van der Waals surface area contributed by atoms with Crippen LogP contribution in [0.1, 0.15) is 20.8 Å². The molecule has 0 aliphatic rings. The van der Waals surface area contributed by atoms with E-state index >= 15 is 0 Å². The summed E-state index contributed by atoms with van der Waals surface area (Å²) in [5, 5.41) is 15.5. The lowest BCUT2D eigenvalue weighted by Gasteiger charge is -2.11. The van der Waals surface area contributed by atoms with Crippen molar-refractivity contribution < 1.29 is 18.8 Å². The third-order valence-electron chi connectivity index (χ3n) is 4.66. The summed E-state index contributed by atoms with van der Waals surface area (Å²) in [7, 11) is 0. The van der Waals surface area contributed by atoms with E-state index in [1.807, 2.05) is 0 Å². The first-order valence-corrected chi connectivity index (χ1v) is 12.1. The second-order valence-electron chi connectivity index (χ2n) is 6.98. The molecule has 0 bridgehead atoms. The molecule has 4 rings (SSSR count). The fourth-order valence-electron chi connectivity index (χ4n) is 3.03. The maximum Gasteiger partial charge on any atom is 0.281 e. The Labute approximate surface area is 213 Å². The van der Waals surface area contributed by atoms with Crippen LogP contribution in [-0.2, 0) is 6.61 Å². The quantitative estimate of drug-likeness (QED) is 0.142. The highest BCUT2D eigenvalue weighted by molar-refractivity contribution is 9.11. The highest BCUT2D eigenvalue weighted by Crippen LogP contribution is 2.35. The molecule has 0 saturated heterocycles. The SMILES string of the molecule is O=C(N/N=C\c1cc(Br)c(OCc2ccccc2F)c(Br)c1)c1cc2cc([N+](=O)[O-])ccc2s1. The number of carbonyl (C=O) groups excluding carboxylic acids is 1. The van der Waals surface area contributed by atoms with Crippen molar-refractivity contribution in [3.05, 3.63) is 102 Å². The van der Waals surface area contributed by atoms with E-state index < -0.39 is 10.8 Å². The number of carbonyl (C=O) groups is 1. The molecule has 1 aromatic heterocycles. The number of amides is 1. The van der Waals surface area contributed by atoms with Crippen molar-refractivity contribution in [3.63, 3.8) is 0 Å². The third-order valence-corrected chi connectivity index (χ3v) is 6.96. The number of rotatable bonds is 7. The zero-order valence-corrected chi connectivity index (χ0v) is 21.1. The molecule has 1 N–H and O–H groups in total. The summed E-state index contributed by atoms with van der Waals surface area (Å²) >= 11 is 8.09. The zero-order chi connectivity index (χ0) is 24.2. The van der Waals surface area contributed by atoms with Gasteiger partial charge >= 0.3 is 0 Å². The van der Waals surface area contributed by atoms with Gasteiger partial charge in [0.15, 0.2) is 0 Å². The predicted octanol–water partition coefficient (Wildman–Crippen LogP) is 6.82. The van der Waals surface area contributed by atoms with E-state index in [1.54, 1.807) is 42.5 Å². The van der Waals surface area contributed by atoms with E-state index in [4.69, 9.17) is 4.74 Å². The van der Waals surface area contributed by atoms with Crippen LogP contribution in [0.25, 0.3) is 10.1 Å². The molecule has 34 heavy (non-hydrogen) atoms. The van der Waals surface area contributed by atoms with Crippen LogP contribution in [0.5, 0.6) is 5.75 Å². The van der Waals surface area contributed by atoms with Gasteiger partial charge in [-0.1, -0.05) is 18.2 Å². The largest absolute Gasteiger partial charge is 0.486 e. The van der Waals surface area contributed by atoms with Gasteiger partial charge < -0.3 is 4.74 Å². The molecular formula is C23H14Br2FN3O4S. The maximum absolute atomic E-state index is 13.8. The van der Waals surface area contributed by atoms with Crippen LogP contribution in [0.2, 0.25) is 0 Å². The van der Waals surface area contributed by atoms with E-state index in [9.17, 15) is 19.3 Å². The number of nitro benzene ring substituents is 1. The van der Waals surface area contributed by atoms with Crippen molar-refractivity contribution in [2.45, 2.75) is 6.61 Å². The Hall–Kier alpha value is -3.15. The Morgan fingerprint density at radius 3 is 2.59 bits per heavy atom. The topological polar surface area (TPSA) is 93.8 Å². The number of nitro groups is 1. The number of non-ortho nitro benzene ring substituents is 1. The van der Waals surface area contributed by atoms with Crippen molar-refractivity contribution in [3.8, 4) is 5.75 Å². The Balaban J connectivity index is 1.42. The normalized spacial score (nSPS) is 11.1. The van der Waals surface area contributed by atoms with Crippen LogP contribution in [0.15, 0.2) is 74.7 Å². The van der Waals surface area contributed by atoms with E-state index in [0.29, 0.717) is 36.1 Å². The van der Waals surface area contributed by atoms with Gasteiger partial charge in [-0.2, -0.15) is 5.10 Å². The van der Waals surface area contributed by atoms with Gasteiger partial charge in [-0.05, 0) is 67.8 Å². The number of thiophene rings is 1. The molecule has 1 amide bonds. The lowest BCUT2D eigenvalue weighted by Crippen LogP contribution is -2.16. The number of nitrogens with zero attached hydrogens (tertiary/aromatic N) is 2. The number of hydrogen-bond donors (Lipinski definition) is 1. The minimum atomic E-state index is -0.478. The summed E-state index contributed by atoms with van der Waals surface area (Å²) in [6.07, 6.45) is 1.46. The highest BCUT2D eigenvalue weighted by Gasteiger charge is 2.14. The van der Waals surface area contributed by atoms with E-state index in [1.165, 1.54) is 35.8 Å². The Bertz CT molecular complexity index is 1420. The predicted molar refractivity (Wildman–Crippen MR) is 136 cm³/mol. The zero-order valence-electron chi connectivity index (χ0n) is 17.1. The monoisotopic (exact) mass is 605 g/mol. The fourth-order valence-corrected chi connectivity index (χ4v) is 5.42. The Morgan fingerprint density at radius 2 is 1.88 bits per heavy atom. The number of hydrazone groups is 1. The van der Waals surface area contributed by atoms with Gasteiger partial charge in [-0.15, -0.1) is 11.3 Å². The van der Waals surface area contributed by atoms with E-state index in [0.717, 1.165) is 4.70 Å². The van der Waals surface area contributed by atoms with Crippen LogP contribution in [0.4, 0.5) is 10.1 Å². The van der Waals surface area contributed by atoms with E-state index in [2.05, 4.69) is 42.4 Å². The molecule has 4 aromatic rings. The molecule has 0 aliphatic carbocycles. The minimum absolute atomic E-state index is 0.0345. The molecule has 172 valence electrons. The number of nitrogens with one attached hydrogen (secondary N) is 1. The fraction of sp³-hybridized carbons (Fsp3) is 0.0435. The van der Waals surface area contributed by atoms with Crippen molar-refractivity contribution >= 4 is 71.1 Å². The summed E-state index contributed by atoms with van der Waals surface area (Å²) in [6.45, 7) is 0.0612. The number of fused-ring (bicyclic) bond motifs is 1. The maximum atomic E-state index is 13.8. The molecule has 1 heterocycles. The van der Waals surface area contributed by atoms with Crippen molar-refractivity contribution in [1.82, 2.24) is 5.43 Å². The van der Waals surface area contributed by atoms with Crippen molar-refractivity contribution in [1.29, 1.82) is 0 Å². The van der Waals surface area contributed by atoms with Gasteiger partial charge in [0, 0.05) is 27.8 Å². The first-order valence-electron chi connectivity index (χ1n) is 9.68. The van der Waals surface area contributed by atoms with Crippen LogP contribution >= 0.6 is 43.2 Å². The average molecular weight is 607 g/mol. The van der Waals surface area contributed by atoms with Crippen LogP contribution in [-0.4, -0.2) is 17.0 Å². The summed E-state index contributed by atoms with van der Waals surface area (Å²) < 4.78 is 21.6. The van der Waals surface area contributed by atoms with Gasteiger partial charge in [0.05, 0.1) is 25.0 Å². The van der Waals surface area contributed by atoms with E-state index in [-0.39, 0.29) is 18.1 Å². The number of ether oxygens (including phenoxy) is 1. The van der Waals surface area contributed by atoms with Gasteiger partial charge in [-0.25, -0.2) is 9.82 Å². The van der Waals surface area contributed by atoms with Crippen LogP contribution < -0.4 is 10.2 Å².